The standard InChI is InChI=1S/C23H29BrN6O5S/c1-14(20-25-10-17(33-5)11-26-20)15(2)36(31,32)29-22-28-27-21(18-8-6-7-9-19(18)24)30(22)16-12-34-23(3,4)35-13-16/h6-11,14-16H,12-13H2,1-5H3,(H,28,29)/t14-,15-/m0/s1. The van der Waals surface area contributed by atoms with Crippen LogP contribution in [0.5, 0.6) is 5.75 Å². The molecule has 3 heterocycles. The fraction of sp³-hybridized carbons (Fsp3) is 0.478. The van der Waals surface area contributed by atoms with Gasteiger partial charge in [0.05, 0.1) is 44.0 Å². The number of nitrogens with zero attached hydrogens (tertiary/aromatic N) is 5. The van der Waals surface area contributed by atoms with Crippen LogP contribution in [0, 0.1) is 0 Å². The van der Waals surface area contributed by atoms with Gasteiger partial charge in [0.25, 0.3) is 0 Å². The number of benzene rings is 1. The van der Waals surface area contributed by atoms with E-state index in [1.165, 1.54) is 19.5 Å². The summed E-state index contributed by atoms with van der Waals surface area (Å²) in [6, 6.07) is 7.16. The molecule has 1 saturated heterocycles. The molecule has 1 aliphatic heterocycles. The Morgan fingerprint density at radius 2 is 1.78 bits per heavy atom. The van der Waals surface area contributed by atoms with E-state index in [1.807, 2.05) is 38.1 Å². The minimum absolute atomic E-state index is 0.0763. The Morgan fingerprint density at radius 1 is 1.14 bits per heavy atom. The predicted octanol–water partition coefficient (Wildman–Crippen LogP) is 3.76. The molecule has 0 unspecified atom stereocenters. The number of sulfonamides is 1. The second-order valence-electron chi connectivity index (χ2n) is 8.99. The van der Waals surface area contributed by atoms with Gasteiger partial charge in [0, 0.05) is 16.0 Å². The number of nitrogens with one attached hydrogen (secondary N) is 1. The van der Waals surface area contributed by atoms with Crippen molar-refractivity contribution in [3.05, 3.63) is 47.0 Å². The number of methoxy groups -OCH3 is 1. The van der Waals surface area contributed by atoms with Gasteiger partial charge in [-0.15, -0.1) is 10.2 Å². The summed E-state index contributed by atoms with van der Waals surface area (Å²) in [6.45, 7) is 7.61. The van der Waals surface area contributed by atoms with Crippen LogP contribution >= 0.6 is 15.9 Å². The van der Waals surface area contributed by atoms with E-state index in [0.29, 0.717) is 30.6 Å². The van der Waals surface area contributed by atoms with E-state index in [4.69, 9.17) is 14.2 Å². The number of rotatable bonds is 8. The summed E-state index contributed by atoms with van der Waals surface area (Å²) in [5.41, 5.74) is 0.758. The maximum atomic E-state index is 13.4. The fourth-order valence-electron chi connectivity index (χ4n) is 3.73. The Labute approximate surface area is 218 Å². The minimum Gasteiger partial charge on any atom is -0.494 e. The number of anilines is 1. The average molecular weight is 581 g/mol. The zero-order valence-electron chi connectivity index (χ0n) is 20.7. The third kappa shape index (κ3) is 5.53. The zero-order valence-corrected chi connectivity index (χ0v) is 23.1. The number of aromatic nitrogens is 5. The third-order valence-electron chi connectivity index (χ3n) is 6.14. The van der Waals surface area contributed by atoms with Gasteiger partial charge >= 0.3 is 0 Å². The Balaban J connectivity index is 1.66. The van der Waals surface area contributed by atoms with Gasteiger partial charge < -0.3 is 14.2 Å². The zero-order chi connectivity index (χ0) is 26.1. The molecular formula is C23H29BrN6O5S. The summed E-state index contributed by atoms with van der Waals surface area (Å²) in [6.07, 6.45) is 3.02. The molecule has 0 radical (unpaired) electrons. The first-order chi connectivity index (χ1) is 17.0. The van der Waals surface area contributed by atoms with Crippen molar-refractivity contribution in [1.29, 1.82) is 0 Å². The van der Waals surface area contributed by atoms with Crippen LogP contribution in [0.15, 0.2) is 41.1 Å². The molecule has 4 rings (SSSR count). The van der Waals surface area contributed by atoms with Gasteiger partial charge in [-0.3, -0.25) is 9.29 Å². The molecule has 1 aromatic carbocycles. The molecular weight excluding hydrogens is 552 g/mol. The summed E-state index contributed by atoms with van der Waals surface area (Å²) in [5, 5.41) is 7.67. The van der Waals surface area contributed by atoms with Gasteiger partial charge in [0.2, 0.25) is 16.0 Å². The highest BCUT2D eigenvalue weighted by molar-refractivity contribution is 9.10. The van der Waals surface area contributed by atoms with Gasteiger partial charge in [-0.1, -0.05) is 41.1 Å². The van der Waals surface area contributed by atoms with Crippen molar-refractivity contribution in [1.82, 2.24) is 24.7 Å². The fourth-order valence-corrected chi connectivity index (χ4v) is 5.43. The van der Waals surface area contributed by atoms with Crippen LogP contribution in [0.1, 0.15) is 45.5 Å². The lowest BCUT2D eigenvalue weighted by molar-refractivity contribution is -0.258. The molecule has 0 bridgehead atoms. The van der Waals surface area contributed by atoms with Crippen LogP contribution in [0.4, 0.5) is 5.95 Å². The van der Waals surface area contributed by atoms with Crippen molar-refractivity contribution in [2.24, 2.45) is 0 Å². The normalized spacial score (nSPS) is 17.9. The van der Waals surface area contributed by atoms with Crippen LogP contribution in [-0.2, 0) is 19.5 Å². The Morgan fingerprint density at radius 3 is 2.39 bits per heavy atom. The molecule has 1 fully saturated rings. The molecule has 0 spiro atoms. The van der Waals surface area contributed by atoms with Crippen LogP contribution in [0.3, 0.4) is 0 Å². The summed E-state index contributed by atoms with van der Waals surface area (Å²) >= 11 is 3.55. The van der Waals surface area contributed by atoms with Crippen LogP contribution in [0.25, 0.3) is 11.4 Å². The molecule has 1 N–H and O–H groups in total. The lowest BCUT2D eigenvalue weighted by Gasteiger charge is -2.36. The van der Waals surface area contributed by atoms with Gasteiger partial charge in [0.15, 0.2) is 17.4 Å². The summed E-state index contributed by atoms with van der Waals surface area (Å²) in [4.78, 5) is 8.50. The van der Waals surface area contributed by atoms with E-state index in [9.17, 15) is 8.42 Å². The number of ether oxygens (including phenoxy) is 3. The van der Waals surface area contributed by atoms with Crippen molar-refractivity contribution in [3.63, 3.8) is 0 Å². The topological polar surface area (TPSA) is 130 Å². The maximum Gasteiger partial charge on any atom is 0.238 e. The van der Waals surface area contributed by atoms with Crippen LogP contribution < -0.4 is 9.46 Å². The first-order valence-corrected chi connectivity index (χ1v) is 13.7. The predicted molar refractivity (Wildman–Crippen MR) is 137 cm³/mol. The highest BCUT2D eigenvalue weighted by Crippen LogP contribution is 2.34. The molecule has 0 amide bonds. The van der Waals surface area contributed by atoms with E-state index in [-0.39, 0.29) is 12.0 Å². The van der Waals surface area contributed by atoms with Crippen molar-refractivity contribution in [3.8, 4) is 17.1 Å². The van der Waals surface area contributed by atoms with Gasteiger partial charge in [0.1, 0.15) is 5.82 Å². The molecule has 13 heteroatoms. The number of hydrogen-bond acceptors (Lipinski definition) is 9. The van der Waals surface area contributed by atoms with Gasteiger partial charge in [-0.25, -0.2) is 18.4 Å². The largest absolute Gasteiger partial charge is 0.494 e. The van der Waals surface area contributed by atoms with E-state index < -0.39 is 27.0 Å². The lowest BCUT2D eigenvalue weighted by Crippen LogP contribution is -2.41. The van der Waals surface area contributed by atoms with E-state index in [2.05, 4.69) is 40.8 Å². The highest BCUT2D eigenvalue weighted by atomic mass is 79.9. The van der Waals surface area contributed by atoms with E-state index in [0.717, 1.165) is 10.0 Å². The molecule has 2 aromatic heterocycles. The lowest BCUT2D eigenvalue weighted by atomic mass is 10.1. The molecule has 194 valence electrons. The van der Waals surface area contributed by atoms with Crippen molar-refractivity contribution < 1.29 is 22.6 Å². The summed E-state index contributed by atoms with van der Waals surface area (Å²) in [5.74, 6) is 0.200. The molecule has 3 aromatic rings. The summed E-state index contributed by atoms with van der Waals surface area (Å²) < 4.78 is 48.8. The van der Waals surface area contributed by atoms with Crippen LogP contribution in [0.2, 0.25) is 0 Å². The molecule has 36 heavy (non-hydrogen) atoms. The van der Waals surface area contributed by atoms with Crippen LogP contribution in [-0.4, -0.2) is 64.5 Å². The SMILES string of the molecule is COc1cnc([C@@H](C)[C@H](C)S(=O)(=O)Nc2nnc(-c3ccccc3Br)n2C2COC(C)(C)OC2)nc1. The molecule has 1 aliphatic rings. The van der Waals surface area contributed by atoms with E-state index >= 15 is 0 Å². The number of halogens is 1. The molecule has 11 nitrogen and oxygen atoms in total. The molecule has 2 atom stereocenters. The Bertz CT molecular complexity index is 1300. The number of hydrogen-bond donors (Lipinski definition) is 1. The molecule has 0 saturated carbocycles. The average Bonchev–Trinajstić information content (AvgIpc) is 3.25. The monoisotopic (exact) mass is 580 g/mol. The Hall–Kier alpha value is -2.61. The van der Waals surface area contributed by atoms with Crippen molar-refractivity contribution in [2.45, 2.75) is 50.7 Å². The Kier molecular flexibility index (Phi) is 7.64. The first-order valence-electron chi connectivity index (χ1n) is 11.4. The van der Waals surface area contributed by atoms with Gasteiger partial charge in [-0.05, 0) is 26.8 Å². The quantitative estimate of drug-likeness (QED) is 0.423. The maximum absolute atomic E-state index is 13.4. The van der Waals surface area contributed by atoms with Crippen molar-refractivity contribution in [2.75, 3.05) is 25.0 Å². The second-order valence-corrected chi connectivity index (χ2v) is 11.9. The third-order valence-corrected chi connectivity index (χ3v) is 8.69. The van der Waals surface area contributed by atoms with Gasteiger partial charge in [-0.2, -0.15) is 0 Å². The minimum atomic E-state index is -3.92. The van der Waals surface area contributed by atoms with Crippen molar-refractivity contribution >= 4 is 31.9 Å². The van der Waals surface area contributed by atoms with E-state index in [1.54, 1.807) is 18.4 Å². The molecule has 0 aliphatic carbocycles. The second kappa shape index (κ2) is 10.4. The first kappa shape index (κ1) is 26.5. The highest BCUT2D eigenvalue weighted by Gasteiger charge is 2.35. The smallest absolute Gasteiger partial charge is 0.238 e. The summed E-state index contributed by atoms with van der Waals surface area (Å²) in [7, 11) is -2.40.